The average Bonchev–Trinajstić information content (AvgIpc) is 1.59. The van der Waals surface area contributed by atoms with E-state index in [0.717, 1.165) is 12.8 Å². The normalized spacial score (nSPS) is 11.3. The van der Waals surface area contributed by atoms with Crippen molar-refractivity contribution in [1.82, 2.24) is 0 Å². The minimum absolute atomic E-state index is 0.508. The van der Waals surface area contributed by atoms with Gasteiger partial charge in [-0.3, -0.25) is 0 Å². The summed E-state index contributed by atoms with van der Waals surface area (Å²) in [4.78, 5) is 0. The van der Waals surface area contributed by atoms with Gasteiger partial charge in [-0.2, -0.15) is 0 Å². The third-order valence-electron chi connectivity index (χ3n) is 1.31. The summed E-state index contributed by atoms with van der Waals surface area (Å²) >= 11 is 0. The van der Waals surface area contributed by atoms with Crippen LogP contribution in [0.5, 0.6) is 0 Å². The molecule has 0 aromatic heterocycles. The van der Waals surface area contributed by atoms with Crippen LogP contribution in [0.1, 0.15) is 40.5 Å². The lowest BCUT2D eigenvalue weighted by Gasteiger charge is -2.14. The van der Waals surface area contributed by atoms with Gasteiger partial charge in [0.1, 0.15) is 0 Å². The van der Waals surface area contributed by atoms with Gasteiger partial charge in [0.25, 0.3) is 0 Å². The summed E-state index contributed by atoms with van der Waals surface area (Å²) in [5.74, 6) is 0. The molecule has 0 atom stereocenters. The van der Waals surface area contributed by atoms with Crippen molar-refractivity contribution < 1.29 is 5.11 Å². The zero-order valence-corrected chi connectivity index (χ0v) is 7.44. The van der Waals surface area contributed by atoms with Crippen LogP contribution in [-0.2, 0) is 0 Å². The summed E-state index contributed by atoms with van der Waals surface area (Å²) in [6, 6.07) is 0. The van der Waals surface area contributed by atoms with Crippen LogP contribution in [0.3, 0.4) is 0 Å². The molecule has 0 aliphatic rings. The Bertz CT molecular complexity index is 113. The molecule has 0 rings (SSSR count). The van der Waals surface area contributed by atoms with Crippen molar-refractivity contribution in [2.24, 2.45) is 0 Å². The average molecular weight is 142 g/mol. The molecule has 10 heavy (non-hydrogen) atoms. The van der Waals surface area contributed by atoms with E-state index in [1.54, 1.807) is 0 Å². The molecule has 0 aromatic rings. The fraction of sp³-hybridized carbons (Fsp3) is 0.778. The van der Waals surface area contributed by atoms with E-state index in [0.29, 0.717) is 0 Å². The molecule has 0 amide bonds. The second-order valence-corrected chi connectivity index (χ2v) is 3.63. The van der Waals surface area contributed by atoms with Gasteiger partial charge in [0.15, 0.2) is 0 Å². The first-order valence-corrected chi connectivity index (χ1v) is 3.77. The SMILES string of the molecule is CC(C)=CCCC(C)(C)O. The van der Waals surface area contributed by atoms with Gasteiger partial charge in [0.05, 0.1) is 5.60 Å². The number of aliphatic hydroxyl groups is 1. The van der Waals surface area contributed by atoms with E-state index < -0.39 is 5.60 Å². The van der Waals surface area contributed by atoms with E-state index in [1.807, 2.05) is 13.8 Å². The number of hydrogen-bond donors (Lipinski definition) is 1. The van der Waals surface area contributed by atoms with Crippen LogP contribution < -0.4 is 0 Å². The Morgan fingerprint density at radius 1 is 1.40 bits per heavy atom. The zero-order valence-electron chi connectivity index (χ0n) is 7.44. The van der Waals surface area contributed by atoms with E-state index in [9.17, 15) is 5.11 Å². The van der Waals surface area contributed by atoms with Gasteiger partial charge in [0, 0.05) is 0 Å². The van der Waals surface area contributed by atoms with Crippen LogP contribution in [0.25, 0.3) is 0 Å². The standard InChI is InChI=1S/C9H18O/c1-8(2)6-5-7-9(3,4)10/h6,10H,5,7H2,1-4H3. The maximum absolute atomic E-state index is 9.30. The Labute approximate surface area is 63.8 Å². The quantitative estimate of drug-likeness (QED) is 0.600. The van der Waals surface area contributed by atoms with E-state index in [2.05, 4.69) is 19.9 Å². The maximum Gasteiger partial charge on any atom is 0.0594 e. The smallest absolute Gasteiger partial charge is 0.0594 e. The molecule has 0 saturated carbocycles. The zero-order chi connectivity index (χ0) is 8.20. The first-order chi connectivity index (χ1) is 4.42. The Hall–Kier alpha value is -0.300. The third kappa shape index (κ3) is 7.70. The Balaban J connectivity index is 3.47. The fourth-order valence-corrected chi connectivity index (χ4v) is 0.714. The largest absolute Gasteiger partial charge is 0.390 e. The minimum Gasteiger partial charge on any atom is -0.390 e. The van der Waals surface area contributed by atoms with E-state index in [-0.39, 0.29) is 0 Å². The highest BCUT2D eigenvalue weighted by atomic mass is 16.3. The van der Waals surface area contributed by atoms with Crippen molar-refractivity contribution >= 4 is 0 Å². The predicted octanol–water partition coefficient (Wildman–Crippen LogP) is 2.50. The molecule has 1 N–H and O–H groups in total. The van der Waals surface area contributed by atoms with Crippen LogP contribution in [0, 0.1) is 0 Å². The molecule has 0 saturated heterocycles. The van der Waals surface area contributed by atoms with E-state index >= 15 is 0 Å². The number of allylic oxidation sites excluding steroid dienone is 2. The van der Waals surface area contributed by atoms with Gasteiger partial charge in [-0.1, -0.05) is 11.6 Å². The molecule has 0 radical (unpaired) electrons. The molecule has 0 unspecified atom stereocenters. The van der Waals surface area contributed by atoms with Crippen molar-refractivity contribution in [3.8, 4) is 0 Å². The summed E-state index contributed by atoms with van der Waals surface area (Å²) in [5, 5.41) is 9.30. The molecule has 1 nitrogen and oxygen atoms in total. The molecule has 0 spiro atoms. The summed E-state index contributed by atoms with van der Waals surface area (Å²) in [5.41, 5.74) is 0.815. The molecular formula is C9H18O. The van der Waals surface area contributed by atoms with Crippen LogP contribution in [0.2, 0.25) is 0 Å². The van der Waals surface area contributed by atoms with Gasteiger partial charge in [-0.25, -0.2) is 0 Å². The van der Waals surface area contributed by atoms with Crippen molar-refractivity contribution in [2.75, 3.05) is 0 Å². The minimum atomic E-state index is -0.508. The van der Waals surface area contributed by atoms with Gasteiger partial charge in [-0.15, -0.1) is 0 Å². The van der Waals surface area contributed by atoms with Crippen LogP contribution in [0.15, 0.2) is 11.6 Å². The summed E-state index contributed by atoms with van der Waals surface area (Å²) in [6.45, 7) is 7.83. The topological polar surface area (TPSA) is 20.2 Å². The lowest BCUT2D eigenvalue weighted by molar-refractivity contribution is 0.0721. The third-order valence-corrected chi connectivity index (χ3v) is 1.31. The highest BCUT2D eigenvalue weighted by Crippen LogP contribution is 2.11. The highest BCUT2D eigenvalue weighted by molar-refractivity contribution is 4.93. The first kappa shape index (κ1) is 9.70. The van der Waals surface area contributed by atoms with Crippen molar-refractivity contribution in [3.63, 3.8) is 0 Å². The second-order valence-electron chi connectivity index (χ2n) is 3.63. The second kappa shape index (κ2) is 3.77. The monoisotopic (exact) mass is 142 g/mol. The molecule has 0 aliphatic carbocycles. The predicted molar refractivity (Wildman–Crippen MR) is 45.0 cm³/mol. The maximum atomic E-state index is 9.30. The fourth-order valence-electron chi connectivity index (χ4n) is 0.714. The first-order valence-electron chi connectivity index (χ1n) is 3.77. The van der Waals surface area contributed by atoms with Gasteiger partial charge >= 0.3 is 0 Å². The van der Waals surface area contributed by atoms with Crippen molar-refractivity contribution in [1.29, 1.82) is 0 Å². The molecule has 0 fully saturated rings. The van der Waals surface area contributed by atoms with Gasteiger partial charge in [-0.05, 0) is 40.5 Å². The number of hydrogen-bond acceptors (Lipinski definition) is 1. The van der Waals surface area contributed by atoms with Crippen LogP contribution in [0.4, 0.5) is 0 Å². The van der Waals surface area contributed by atoms with Gasteiger partial charge < -0.3 is 5.11 Å². The summed E-state index contributed by atoms with van der Waals surface area (Å²) in [7, 11) is 0. The van der Waals surface area contributed by atoms with Crippen LogP contribution >= 0.6 is 0 Å². The Morgan fingerprint density at radius 2 is 1.90 bits per heavy atom. The lowest BCUT2D eigenvalue weighted by Crippen LogP contribution is -2.17. The van der Waals surface area contributed by atoms with E-state index in [1.165, 1.54) is 5.57 Å². The van der Waals surface area contributed by atoms with E-state index in [4.69, 9.17) is 0 Å². The Kier molecular flexibility index (Phi) is 3.66. The molecule has 1 heteroatoms. The molecule has 0 heterocycles. The van der Waals surface area contributed by atoms with Crippen LogP contribution in [-0.4, -0.2) is 10.7 Å². The highest BCUT2D eigenvalue weighted by Gasteiger charge is 2.09. The van der Waals surface area contributed by atoms with Crippen molar-refractivity contribution in [3.05, 3.63) is 11.6 Å². The molecule has 0 aliphatic heterocycles. The summed E-state index contributed by atoms with van der Waals surface area (Å²) in [6.07, 6.45) is 3.97. The number of rotatable bonds is 3. The molecule has 60 valence electrons. The summed E-state index contributed by atoms with van der Waals surface area (Å²) < 4.78 is 0. The molecule has 0 bridgehead atoms. The van der Waals surface area contributed by atoms with Crippen molar-refractivity contribution in [2.45, 2.75) is 46.1 Å². The van der Waals surface area contributed by atoms with Gasteiger partial charge in [0.2, 0.25) is 0 Å². The Morgan fingerprint density at radius 3 is 2.20 bits per heavy atom. The molecular weight excluding hydrogens is 124 g/mol. The molecule has 0 aromatic carbocycles. The lowest BCUT2D eigenvalue weighted by atomic mass is 10.0.